The van der Waals surface area contributed by atoms with Crippen LogP contribution in [0.2, 0.25) is 0 Å². The van der Waals surface area contributed by atoms with E-state index in [0.29, 0.717) is 11.9 Å². The Kier molecular flexibility index (Phi) is 3.03. The number of aromatic nitrogens is 4. The summed E-state index contributed by atoms with van der Waals surface area (Å²) in [6.07, 6.45) is 1.90. The first-order valence-electron chi connectivity index (χ1n) is 6.32. The van der Waals surface area contributed by atoms with Gasteiger partial charge in [0, 0.05) is 13.7 Å². The smallest absolute Gasteiger partial charge is 0.159 e. The van der Waals surface area contributed by atoms with E-state index in [2.05, 4.69) is 21.6 Å². The Morgan fingerprint density at radius 1 is 1.50 bits per heavy atom. The average molecular weight is 269 g/mol. The van der Waals surface area contributed by atoms with Crippen molar-refractivity contribution in [2.45, 2.75) is 31.7 Å². The van der Waals surface area contributed by atoms with Gasteiger partial charge >= 0.3 is 0 Å². The molecule has 1 saturated heterocycles. The third-order valence-corrected chi connectivity index (χ3v) is 3.77. The van der Waals surface area contributed by atoms with Gasteiger partial charge in [-0.3, -0.25) is 4.68 Å². The molecular formula is C12H17ClN4O. The van der Waals surface area contributed by atoms with Gasteiger partial charge in [0.15, 0.2) is 5.65 Å². The molecule has 1 fully saturated rings. The summed E-state index contributed by atoms with van der Waals surface area (Å²) in [5.41, 5.74) is 3.09. The second-order valence-electron chi connectivity index (χ2n) is 4.65. The first-order valence-corrected chi connectivity index (χ1v) is 6.86. The molecule has 98 valence electrons. The van der Waals surface area contributed by atoms with E-state index in [0.717, 1.165) is 48.7 Å². The SMILES string of the molecule is CCc1nn(C)c2c1nc(CCl)n2C1CCOC1. The second-order valence-corrected chi connectivity index (χ2v) is 4.91. The summed E-state index contributed by atoms with van der Waals surface area (Å²) in [4.78, 5) is 4.66. The van der Waals surface area contributed by atoms with Gasteiger partial charge < -0.3 is 9.30 Å². The molecular weight excluding hydrogens is 252 g/mol. The lowest BCUT2D eigenvalue weighted by molar-refractivity contribution is 0.186. The lowest BCUT2D eigenvalue weighted by Gasteiger charge is -2.13. The van der Waals surface area contributed by atoms with Crippen LogP contribution in [0.15, 0.2) is 0 Å². The number of nitrogens with zero attached hydrogens (tertiary/aromatic N) is 4. The van der Waals surface area contributed by atoms with E-state index in [4.69, 9.17) is 16.3 Å². The molecule has 3 heterocycles. The van der Waals surface area contributed by atoms with Crippen molar-refractivity contribution in [2.24, 2.45) is 7.05 Å². The summed E-state index contributed by atoms with van der Waals surface area (Å²) < 4.78 is 9.60. The van der Waals surface area contributed by atoms with Gasteiger partial charge in [-0.2, -0.15) is 5.10 Å². The van der Waals surface area contributed by atoms with Gasteiger partial charge in [0.25, 0.3) is 0 Å². The fraction of sp³-hybridized carbons (Fsp3) is 0.667. The number of alkyl halides is 1. The molecule has 5 nitrogen and oxygen atoms in total. The van der Waals surface area contributed by atoms with Crippen LogP contribution in [-0.2, 0) is 24.1 Å². The van der Waals surface area contributed by atoms with Crippen molar-refractivity contribution in [3.63, 3.8) is 0 Å². The molecule has 1 unspecified atom stereocenters. The Labute approximate surface area is 111 Å². The van der Waals surface area contributed by atoms with Crippen LogP contribution < -0.4 is 0 Å². The van der Waals surface area contributed by atoms with Gasteiger partial charge in [0.2, 0.25) is 0 Å². The van der Waals surface area contributed by atoms with Crippen LogP contribution in [0.1, 0.15) is 30.9 Å². The van der Waals surface area contributed by atoms with Crippen LogP contribution in [0, 0.1) is 0 Å². The molecule has 2 aromatic heterocycles. The molecule has 0 saturated carbocycles. The second kappa shape index (κ2) is 4.55. The maximum Gasteiger partial charge on any atom is 0.159 e. The molecule has 0 amide bonds. The van der Waals surface area contributed by atoms with E-state index in [1.165, 1.54) is 0 Å². The van der Waals surface area contributed by atoms with Gasteiger partial charge in [0.05, 0.1) is 24.2 Å². The highest BCUT2D eigenvalue weighted by atomic mass is 35.5. The third kappa shape index (κ3) is 1.65. The van der Waals surface area contributed by atoms with Crippen molar-refractivity contribution in [1.82, 2.24) is 19.3 Å². The Bertz CT molecular complexity index is 568. The standard InChI is InChI=1S/C12H17ClN4O/c1-3-9-11-12(16(2)15-9)17(10(6-13)14-11)8-4-5-18-7-8/h8H,3-7H2,1-2H3. The molecule has 1 aliphatic heterocycles. The maximum absolute atomic E-state index is 6.03. The number of ether oxygens (including phenoxy) is 1. The minimum atomic E-state index is 0.337. The third-order valence-electron chi connectivity index (χ3n) is 3.53. The zero-order valence-corrected chi connectivity index (χ0v) is 11.4. The molecule has 0 spiro atoms. The summed E-state index contributed by atoms with van der Waals surface area (Å²) in [6, 6.07) is 0.337. The first kappa shape index (κ1) is 12.0. The quantitative estimate of drug-likeness (QED) is 0.800. The molecule has 0 aliphatic carbocycles. The number of hydrogen-bond donors (Lipinski definition) is 0. The lowest BCUT2D eigenvalue weighted by atomic mass is 10.2. The van der Waals surface area contributed by atoms with Crippen LogP contribution in [0.5, 0.6) is 0 Å². The Balaban J connectivity index is 2.23. The van der Waals surface area contributed by atoms with Gasteiger partial charge in [0.1, 0.15) is 11.3 Å². The van der Waals surface area contributed by atoms with Crippen molar-refractivity contribution in [3.8, 4) is 0 Å². The van der Waals surface area contributed by atoms with Crippen LogP contribution >= 0.6 is 11.6 Å². The number of imidazole rings is 1. The number of hydrogen-bond acceptors (Lipinski definition) is 3. The summed E-state index contributed by atoms with van der Waals surface area (Å²) >= 11 is 6.03. The van der Waals surface area contributed by atoms with E-state index in [9.17, 15) is 0 Å². The Hall–Kier alpha value is -1.07. The van der Waals surface area contributed by atoms with Crippen molar-refractivity contribution in [3.05, 3.63) is 11.5 Å². The Morgan fingerprint density at radius 3 is 2.94 bits per heavy atom. The molecule has 2 aromatic rings. The van der Waals surface area contributed by atoms with E-state index < -0.39 is 0 Å². The van der Waals surface area contributed by atoms with Crippen LogP contribution in [0.3, 0.4) is 0 Å². The minimum absolute atomic E-state index is 0.337. The van der Waals surface area contributed by atoms with E-state index in [-0.39, 0.29) is 0 Å². The molecule has 6 heteroatoms. The molecule has 1 atom stereocenters. The largest absolute Gasteiger partial charge is 0.379 e. The zero-order valence-electron chi connectivity index (χ0n) is 10.7. The molecule has 0 bridgehead atoms. The van der Waals surface area contributed by atoms with Crippen LogP contribution in [-0.4, -0.2) is 32.5 Å². The minimum Gasteiger partial charge on any atom is -0.379 e. The highest BCUT2D eigenvalue weighted by molar-refractivity contribution is 6.16. The van der Waals surface area contributed by atoms with E-state index in [1.54, 1.807) is 0 Å². The number of fused-ring (bicyclic) bond motifs is 1. The molecule has 0 N–H and O–H groups in total. The Morgan fingerprint density at radius 2 is 2.33 bits per heavy atom. The summed E-state index contributed by atoms with van der Waals surface area (Å²) in [6.45, 7) is 3.65. The molecule has 1 aliphatic rings. The van der Waals surface area contributed by atoms with Crippen molar-refractivity contribution >= 4 is 22.8 Å². The van der Waals surface area contributed by atoms with Crippen LogP contribution in [0.25, 0.3) is 11.2 Å². The number of aryl methyl sites for hydroxylation is 2. The fourth-order valence-corrected chi connectivity index (χ4v) is 2.88. The topological polar surface area (TPSA) is 44.9 Å². The van der Waals surface area contributed by atoms with Crippen molar-refractivity contribution < 1.29 is 4.74 Å². The average Bonchev–Trinajstić information content (AvgIpc) is 3.05. The predicted octanol–water partition coefficient (Wildman–Crippen LogP) is 2.03. The maximum atomic E-state index is 6.03. The van der Waals surface area contributed by atoms with E-state index in [1.807, 2.05) is 11.7 Å². The lowest BCUT2D eigenvalue weighted by Crippen LogP contribution is -2.13. The fourth-order valence-electron chi connectivity index (χ4n) is 2.69. The molecule has 3 rings (SSSR count). The van der Waals surface area contributed by atoms with Gasteiger partial charge in [-0.25, -0.2) is 4.98 Å². The molecule has 0 aromatic carbocycles. The normalized spacial score (nSPS) is 20.1. The zero-order chi connectivity index (χ0) is 12.7. The van der Waals surface area contributed by atoms with Crippen molar-refractivity contribution in [1.29, 1.82) is 0 Å². The molecule has 18 heavy (non-hydrogen) atoms. The summed E-state index contributed by atoms with van der Waals surface area (Å²) in [5, 5.41) is 4.53. The number of halogens is 1. The predicted molar refractivity (Wildman–Crippen MR) is 69.9 cm³/mol. The monoisotopic (exact) mass is 268 g/mol. The van der Waals surface area contributed by atoms with Crippen LogP contribution in [0.4, 0.5) is 0 Å². The first-order chi connectivity index (χ1) is 8.76. The molecule has 0 radical (unpaired) electrons. The van der Waals surface area contributed by atoms with Gasteiger partial charge in [-0.1, -0.05) is 6.92 Å². The highest BCUT2D eigenvalue weighted by Gasteiger charge is 2.26. The summed E-state index contributed by atoms with van der Waals surface area (Å²) in [5.74, 6) is 1.35. The van der Waals surface area contributed by atoms with Gasteiger partial charge in [-0.05, 0) is 12.8 Å². The van der Waals surface area contributed by atoms with E-state index >= 15 is 0 Å². The van der Waals surface area contributed by atoms with Crippen molar-refractivity contribution in [2.75, 3.05) is 13.2 Å². The van der Waals surface area contributed by atoms with Gasteiger partial charge in [-0.15, -0.1) is 11.6 Å². The summed E-state index contributed by atoms with van der Waals surface area (Å²) in [7, 11) is 1.97. The number of rotatable bonds is 3. The highest BCUT2D eigenvalue weighted by Crippen LogP contribution is 2.28.